The Balaban J connectivity index is 1.90. The standard InChI is InChI=1S/C17H15NO5S/c1-11-14-9-13(7-8-15(14)23-16(11)17(19)20)18-24(21,22)10-12-5-3-2-4-6-12/h2-9,18H,10H2,1H3,(H,19,20). The molecule has 0 atom stereocenters. The summed E-state index contributed by atoms with van der Waals surface area (Å²) in [5.41, 5.74) is 1.90. The van der Waals surface area contributed by atoms with Gasteiger partial charge in [-0.05, 0) is 30.7 Å². The molecule has 0 aliphatic heterocycles. The maximum atomic E-state index is 12.3. The first-order chi connectivity index (χ1) is 11.4. The van der Waals surface area contributed by atoms with Gasteiger partial charge >= 0.3 is 5.97 Å². The number of sulfonamides is 1. The van der Waals surface area contributed by atoms with E-state index in [2.05, 4.69) is 4.72 Å². The van der Waals surface area contributed by atoms with E-state index in [9.17, 15) is 13.2 Å². The number of nitrogens with one attached hydrogen (secondary N) is 1. The van der Waals surface area contributed by atoms with Crippen LogP contribution < -0.4 is 4.72 Å². The molecule has 7 heteroatoms. The van der Waals surface area contributed by atoms with Crippen LogP contribution in [0.25, 0.3) is 11.0 Å². The number of aromatic carboxylic acids is 1. The Morgan fingerprint density at radius 3 is 2.54 bits per heavy atom. The molecule has 3 rings (SSSR count). The molecule has 24 heavy (non-hydrogen) atoms. The molecule has 0 fully saturated rings. The van der Waals surface area contributed by atoms with Crippen molar-refractivity contribution in [3.8, 4) is 0 Å². The summed E-state index contributed by atoms with van der Waals surface area (Å²) in [5, 5.41) is 9.64. The molecule has 0 saturated heterocycles. The van der Waals surface area contributed by atoms with Gasteiger partial charge in [0.2, 0.25) is 15.8 Å². The lowest BCUT2D eigenvalue weighted by Gasteiger charge is -2.08. The van der Waals surface area contributed by atoms with Gasteiger partial charge in [0.25, 0.3) is 0 Å². The summed E-state index contributed by atoms with van der Waals surface area (Å²) in [6, 6.07) is 13.5. The summed E-state index contributed by atoms with van der Waals surface area (Å²) in [4.78, 5) is 11.1. The average Bonchev–Trinajstić information content (AvgIpc) is 2.84. The lowest BCUT2D eigenvalue weighted by Crippen LogP contribution is -2.14. The van der Waals surface area contributed by atoms with Crippen LogP contribution in [0.5, 0.6) is 0 Å². The van der Waals surface area contributed by atoms with Gasteiger partial charge in [-0.25, -0.2) is 13.2 Å². The van der Waals surface area contributed by atoms with Crippen molar-refractivity contribution >= 4 is 32.6 Å². The minimum absolute atomic E-state index is 0.142. The zero-order valence-electron chi connectivity index (χ0n) is 12.8. The van der Waals surface area contributed by atoms with E-state index in [0.29, 0.717) is 27.8 Å². The monoisotopic (exact) mass is 345 g/mol. The highest BCUT2D eigenvalue weighted by Crippen LogP contribution is 2.28. The van der Waals surface area contributed by atoms with Gasteiger partial charge in [-0.3, -0.25) is 4.72 Å². The third-order valence-corrected chi connectivity index (χ3v) is 4.86. The molecular formula is C17H15NO5S. The summed E-state index contributed by atoms with van der Waals surface area (Å²) in [5.74, 6) is -1.44. The fraction of sp³-hybridized carbons (Fsp3) is 0.118. The maximum Gasteiger partial charge on any atom is 0.372 e. The van der Waals surface area contributed by atoms with Crippen LogP contribution in [0.4, 0.5) is 5.69 Å². The normalized spacial score (nSPS) is 11.5. The molecule has 1 heterocycles. The first-order valence-electron chi connectivity index (χ1n) is 7.16. The second-order valence-electron chi connectivity index (χ2n) is 5.42. The van der Waals surface area contributed by atoms with Crippen molar-refractivity contribution in [1.29, 1.82) is 0 Å². The third kappa shape index (κ3) is 3.26. The molecule has 0 aliphatic rings. The molecule has 0 saturated carbocycles. The van der Waals surface area contributed by atoms with Crippen molar-refractivity contribution in [2.45, 2.75) is 12.7 Å². The summed E-state index contributed by atoms with van der Waals surface area (Å²) in [6.45, 7) is 1.62. The number of fused-ring (bicyclic) bond motifs is 1. The Hall–Kier alpha value is -2.80. The molecule has 6 nitrogen and oxygen atoms in total. The molecule has 2 N–H and O–H groups in total. The van der Waals surface area contributed by atoms with Crippen LogP contribution in [0.15, 0.2) is 52.9 Å². The largest absolute Gasteiger partial charge is 0.475 e. The van der Waals surface area contributed by atoms with Gasteiger partial charge in [0.15, 0.2) is 0 Å². The van der Waals surface area contributed by atoms with Gasteiger partial charge in [-0.1, -0.05) is 30.3 Å². The van der Waals surface area contributed by atoms with Crippen LogP contribution >= 0.6 is 0 Å². The number of anilines is 1. The summed E-state index contributed by atoms with van der Waals surface area (Å²) in [7, 11) is -3.58. The molecule has 2 aromatic carbocycles. The number of furan rings is 1. The van der Waals surface area contributed by atoms with Gasteiger partial charge in [0, 0.05) is 16.6 Å². The molecule has 0 bridgehead atoms. The topological polar surface area (TPSA) is 96.6 Å². The molecule has 0 spiro atoms. The zero-order valence-corrected chi connectivity index (χ0v) is 13.6. The van der Waals surface area contributed by atoms with Crippen molar-refractivity contribution in [2.75, 3.05) is 4.72 Å². The SMILES string of the molecule is Cc1c(C(=O)O)oc2ccc(NS(=O)(=O)Cc3ccccc3)cc12. The summed E-state index contributed by atoms with van der Waals surface area (Å²) in [6.07, 6.45) is 0. The predicted octanol–water partition coefficient (Wildman–Crippen LogP) is 3.38. The Morgan fingerprint density at radius 1 is 1.17 bits per heavy atom. The second-order valence-corrected chi connectivity index (χ2v) is 7.14. The fourth-order valence-electron chi connectivity index (χ4n) is 2.50. The highest BCUT2D eigenvalue weighted by Gasteiger charge is 2.18. The van der Waals surface area contributed by atoms with Crippen LogP contribution in [-0.4, -0.2) is 19.5 Å². The average molecular weight is 345 g/mol. The van der Waals surface area contributed by atoms with E-state index >= 15 is 0 Å². The number of rotatable bonds is 5. The Morgan fingerprint density at radius 2 is 1.88 bits per heavy atom. The van der Waals surface area contributed by atoms with Gasteiger partial charge in [-0.15, -0.1) is 0 Å². The molecule has 0 radical (unpaired) electrons. The number of aryl methyl sites for hydroxylation is 1. The lowest BCUT2D eigenvalue weighted by atomic mass is 10.1. The molecule has 0 aliphatic carbocycles. The first kappa shape index (κ1) is 16.1. The Kier molecular flexibility index (Phi) is 4.02. The highest BCUT2D eigenvalue weighted by molar-refractivity contribution is 7.91. The number of carboxylic acids is 1. The van der Waals surface area contributed by atoms with Crippen molar-refractivity contribution in [2.24, 2.45) is 0 Å². The second kappa shape index (κ2) is 6.01. The van der Waals surface area contributed by atoms with Gasteiger partial charge in [0.05, 0.1) is 5.75 Å². The lowest BCUT2D eigenvalue weighted by molar-refractivity contribution is 0.0664. The Labute approximate surface area is 138 Å². The van der Waals surface area contributed by atoms with Crippen LogP contribution in [0.1, 0.15) is 21.7 Å². The van der Waals surface area contributed by atoms with E-state index in [1.807, 2.05) is 6.07 Å². The number of benzene rings is 2. The molecule has 0 unspecified atom stereocenters. The third-order valence-electron chi connectivity index (χ3n) is 3.60. The van der Waals surface area contributed by atoms with E-state index in [0.717, 1.165) is 0 Å². The smallest absolute Gasteiger partial charge is 0.372 e. The quantitative estimate of drug-likeness (QED) is 0.739. The Bertz CT molecular complexity index is 1010. The maximum absolute atomic E-state index is 12.3. The van der Waals surface area contributed by atoms with Crippen LogP contribution in [0.2, 0.25) is 0 Å². The van der Waals surface area contributed by atoms with E-state index in [4.69, 9.17) is 9.52 Å². The van der Waals surface area contributed by atoms with E-state index < -0.39 is 16.0 Å². The highest BCUT2D eigenvalue weighted by atomic mass is 32.2. The van der Waals surface area contributed by atoms with Crippen LogP contribution in [-0.2, 0) is 15.8 Å². The van der Waals surface area contributed by atoms with Gasteiger partial charge < -0.3 is 9.52 Å². The van der Waals surface area contributed by atoms with Crippen molar-refractivity contribution in [1.82, 2.24) is 0 Å². The molecule has 124 valence electrons. The number of carbonyl (C=O) groups is 1. The van der Waals surface area contributed by atoms with Crippen LogP contribution in [0.3, 0.4) is 0 Å². The molecule has 0 amide bonds. The summed E-state index contributed by atoms with van der Waals surface area (Å²) < 4.78 is 32.3. The number of hydrogen-bond donors (Lipinski definition) is 2. The number of hydrogen-bond acceptors (Lipinski definition) is 4. The molecule has 3 aromatic rings. The first-order valence-corrected chi connectivity index (χ1v) is 8.82. The fourth-order valence-corrected chi connectivity index (χ4v) is 3.69. The minimum atomic E-state index is -3.58. The number of carboxylic acid groups (broad SMARTS) is 1. The minimum Gasteiger partial charge on any atom is -0.475 e. The zero-order chi connectivity index (χ0) is 17.3. The van der Waals surface area contributed by atoms with E-state index in [1.54, 1.807) is 49.4 Å². The van der Waals surface area contributed by atoms with E-state index in [-0.39, 0.29) is 11.5 Å². The van der Waals surface area contributed by atoms with Gasteiger partial charge in [0.1, 0.15) is 5.58 Å². The van der Waals surface area contributed by atoms with Gasteiger partial charge in [-0.2, -0.15) is 0 Å². The molecular weight excluding hydrogens is 330 g/mol. The molecule has 1 aromatic heterocycles. The van der Waals surface area contributed by atoms with Crippen LogP contribution in [0, 0.1) is 6.92 Å². The van der Waals surface area contributed by atoms with Crippen molar-refractivity contribution < 1.29 is 22.7 Å². The summed E-state index contributed by atoms with van der Waals surface area (Å²) >= 11 is 0. The predicted molar refractivity (Wildman–Crippen MR) is 90.6 cm³/mol. The van der Waals surface area contributed by atoms with E-state index in [1.165, 1.54) is 0 Å². The van der Waals surface area contributed by atoms with Crippen molar-refractivity contribution in [3.63, 3.8) is 0 Å². The van der Waals surface area contributed by atoms with Crippen molar-refractivity contribution in [3.05, 3.63) is 65.4 Å².